The molecule has 0 aromatic heterocycles. The zero-order valence-corrected chi connectivity index (χ0v) is 18.0. The fourth-order valence-corrected chi connectivity index (χ4v) is 3.74. The molecular formula is C19H22Cl2N2O5S. The lowest BCUT2D eigenvalue weighted by Crippen LogP contribution is -2.47. The van der Waals surface area contributed by atoms with Crippen molar-refractivity contribution in [3.05, 3.63) is 63.6 Å². The molecule has 10 heteroatoms. The first-order valence-corrected chi connectivity index (χ1v) is 10.9. The highest BCUT2D eigenvalue weighted by molar-refractivity contribution is 7.85. The highest BCUT2D eigenvalue weighted by atomic mass is 35.5. The first kappa shape index (κ1) is 23.4. The summed E-state index contributed by atoms with van der Waals surface area (Å²) in [4.78, 5) is 12.3. The average Bonchev–Trinajstić information content (AvgIpc) is 2.64. The molecule has 1 aliphatic rings. The quantitative estimate of drug-likeness (QED) is 0.581. The third-order valence-electron chi connectivity index (χ3n) is 4.63. The summed E-state index contributed by atoms with van der Waals surface area (Å²) in [5.74, 6) is -0.0374. The van der Waals surface area contributed by atoms with E-state index in [1.54, 1.807) is 24.3 Å². The van der Waals surface area contributed by atoms with Crippen molar-refractivity contribution in [2.24, 2.45) is 5.73 Å². The van der Waals surface area contributed by atoms with Crippen molar-refractivity contribution in [1.82, 2.24) is 4.90 Å². The van der Waals surface area contributed by atoms with E-state index in [2.05, 4.69) is 0 Å². The van der Waals surface area contributed by atoms with Crippen LogP contribution in [0, 0.1) is 6.92 Å². The number of halogens is 2. The molecule has 1 fully saturated rings. The van der Waals surface area contributed by atoms with Crippen molar-refractivity contribution in [2.75, 3.05) is 13.1 Å². The van der Waals surface area contributed by atoms with Gasteiger partial charge >= 0.3 is 6.09 Å². The molecule has 2 atom stereocenters. The minimum Gasteiger partial charge on any atom is -0.465 e. The normalized spacial score (nSPS) is 19.3. The number of amides is 1. The minimum atomic E-state index is -4.02. The van der Waals surface area contributed by atoms with Gasteiger partial charge in [-0.15, -0.1) is 0 Å². The number of piperidine rings is 1. The van der Waals surface area contributed by atoms with E-state index in [1.807, 2.05) is 13.0 Å². The second-order valence-corrected chi connectivity index (χ2v) is 8.99. The lowest BCUT2D eigenvalue weighted by molar-refractivity contribution is 0.126. The van der Waals surface area contributed by atoms with Crippen molar-refractivity contribution in [1.29, 1.82) is 0 Å². The van der Waals surface area contributed by atoms with Crippen LogP contribution >= 0.6 is 23.2 Å². The molecule has 2 aromatic rings. The first-order chi connectivity index (χ1) is 13.5. The molecule has 1 aliphatic heterocycles. The van der Waals surface area contributed by atoms with Gasteiger partial charge in [-0.2, -0.15) is 8.42 Å². The summed E-state index contributed by atoms with van der Waals surface area (Å²) in [6.45, 7) is 2.72. The molecule has 0 saturated carbocycles. The van der Waals surface area contributed by atoms with E-state index in [0.29, 0.717) is 29.6 Å². The van der Waals surface area contributed by atoms with Crippen LogP contribution in [0.3, 0.4) is 0 Å². The molecule has 0 unspecified atom stereocenters. The standard InChI is InChI=1S/C12H14Cl2N2O2.C7H8O3S/c13-9-2-1-7(5-10(9)14)8-6-16(12(17)18)4-3-11(8)15;1-6-2-4-7(5-3-6)11(8,9)10/h1-2,5,8,11H,3-4,6,15H2,(H,17,18);2-5H,1H3,(H,8,9,10)/t8-,11-;/m0./s1. The van der Waals surface area contributed by atoms with E-state index < -0.39 is 16.2 Å². The summed E-state index contributed by atoms with van der Waals surface area (Å²) in [7, 11) is -4.02. The third kappa shape index (κ3) is 6.58. The van der Waals surface area contributed by atoms with Crippen LogP contribution in [-0.2, 0) is 10.1 Å². The second kappa shape index (κ2) is 9.77. The number of aryl methyl sites for hydroxylation is 1. The maximum Gasteiger partial charge on any atom is 0.407 e. The second-order valence-electron chi connectivity index (χ2n) is 6.75. The van der Waals surface area contributed by atoms with E-state index in [9.17, 15) is 13.2 Å². The van der Waals surface area contributed by atoms with Crippen LogP contribution in [0.15, 0.2) is 47.4 Å². The highest BCUT2D eigenvalue weighted by Crippen LogP contribution is 2.31. The molecule has 7 nitrogen and oxygen atoms in total. The first-order valence-electron chi connectivity index (χ1n) is 8.71. The predicted octanol–water partition coefficient (Wildman–Crippen LogP) is 4.03. The summed E-state index contributed by atoms with van der Waals surface area (Å²) in [5, 5.41) is 9.98. The van der Waals surface area contributed by atoms with Crippen LogP contribution < -0.4 is 5.73 Å². The van der Waals surface area contributed by atoms with Gasteiger partial charge in [-0.3, -0.25) is 4.55 Å². The zero-order chi connectivity index (χ0) is 21.8. The SMILES string of the molecule is Cc1ccc(S(=O)(=O)O)cc1.N[C@H]1CCN(C(=O)O)C[C@H]1c1ccc(Cl)c(Cl)c1. The van der Waals surface area contributed by atoms with Crippen molar-refractivity contribution in [3.8, 4) is 0 Å². The number of rotatable bonds is 2. The Morgan fingerprint density at radius 2 is 1.76 bits per heavy atom. The summed E-state index contributed by atoms with van der Waals surface area (Å²) < 4.78 is 29.6. The van der Waals surface area contributed by atoms with Gasteiger partial charge in [0.2, 0.25) is 0 Å². The Kier molecular flexibility index (Phi) is 7.90. The van der Waals surface area contributed by atoms with Gasteiger partial charge in [0.05, 0.1) is 14.9 Å². The molecule has 0 spiro atoms. The summed E-state index contributed by atoms with van der Waals surface area (Å²) in [5.41, 5.74) is 7.95. The molecule has 1 amide bonds. The van der Waals surface area contributed by atoms with Gasteiger partial charge in [0.15, 0.2) is 0 Å². The van der Waals surface area contributed by atoms with Gasteiger partial charge in [0, 0.05) is 25.0 Å². The third-order valence-corrected chi connectivity index (χ3v) is 6.23. The Labute approximate surface area is 179 Å². The number of hydrogen-bond acceptors (Lipinski definition) is 4. The van der Waals surface area contributed by atoms with Crippen molar-refractivity contribution in [2.45, 2.75) is 30.2 Å². The maximum atomic E-state index is 11.0. The van der Waals surface area contributed by atoms with Crippen molar-refractivity contribution < 1.29 is 22.9 Å². The molecule has 3 rings (SSSR count). The van der Waals surface area contributed by atoms with E-state index in [-0.39, 0.29) is 16.9 Å². The molecule has 4 N–H and O–H groups in total. The van der Waals surface area contributed by atoms with Gasteiger partial charge in [0.25, 0.3) is 10.1 Å². The molecule has 1 saturated heterocycles. The zero-order valence-electron chi connectivity index (χ0n) is 15.6. The lowest BCUT2D eigenvalue weighted by atomic mass is 9.87. The topological polar surface area (TPSA) is 121 Å². The smallest absolute Gasteiger partial charge is 0.407 e. The van der Waals surface area contributed by atoms with Crippen LogP contribution in [0.4, 0.5) is 4.79 Å². The fourth-order valence-electron chi connectivity index (χ4n) is 2.95. The molecule has 1 heterocycles. The molecule has 29 heavy (non-hydrogen) atoms. The van der Waals surface area contributed by atoms with Crippen molar-refractivity contribution >= 4 is 39.4 Å². The predicted molar refractivity (Wildman–Crippen MR) is 112 cm³/mol. The fraction of sp³-hybridized carbons (Fsp3) is 0.316. The van der Waals surface area contributed by atoms with Gasteiger partial charge in [-0.25, -0.2) is 4.79 Å². The summed E-state index contributed by atoms with van der Waals surface area (Å²) >= 11 is 11.8. The number of nitrogens with two attached hydrogens (primary N) is 1. The maximum absolute atomic E-state index is 11.0. The Morgan fingerprint density at radius 1 is 1.14 bits per heavy atom. The number of carboxylic acid groups (broad SMARTS) is 1. The van der Waals surface area contributed by atoms with Gasteiger partial charge in [0.1, 0.15) is 0 Å². The van der Waals surface area contributed by atoms with Crippen LogP contribution in [0.1, 0.15) is 23.5 Å². The van der Waals surface area contributed by atoms with E-state index >= 15 is 0 Å². The van der Waals surface area contributed by atoms with Crippen molar-refractivity contribution in [3.63, 3.8) is 0 Å². The summed E-state index contributed by atoms with van der Waals surface area (Å²) in [6, 6.07) is 11.3. The molecule has 2 aromatic carbocycles. The number of benzene rings is 2. The Balaban J connectivity index is 0.000000234. The molecule has 0 aliphatic carbocycles. The van der Waals surface area contributed by atoms with Gasteiger partial charge < -0.3 is 15.7 Å². The monoisotopic (exact) mass is 460 g/mol. The van der Waals surface area contributed by atoms with E-state index in [1.165, 1.54) is 17.0 Å². The lowest BCUT2D eigenvalue weighted by Gasteiger charge is -2.35. The number of carbonyl (C=O) groups is 1. The Morgan fingerprint density at radius 3 is 2.28 bits per heavy atom. The van der Waals surface area contributed by atoms with E-state index in [4.69, 9.17) is 38.6 Å². The van der Waals surface area contributed by atoms with Gasteiger partial charge in [-0.05, 0) is 43.2 Å². The Hall–Kier alpha value is -1.84. The largest absolute Gasteiger partial charge is 0.465 e. The van der Waals surface area contributed by atoms with Gasteiger partial charge in [-0.1, -0.05) is 47.0 Å². The number of likely N-dealkylation sites (tertiary alicyclic amines) is 1. The highest BCUT2D eigenvalue weighted by Gasteiger charge is 2.30. The minimum absolute atomic E-state index is 0.0374. The molecule has 0 radical (unpaired) electrons. The molecule has 0 bridgehead atoms. The van der Waals surface area contributed by atoms with E-state index in [0.717, 1.165) is 11.1 Å². The van der Waals surface area contributed by atoms with Crippen LogP contribution in [0.25, 0.3) is 0 Å². The summed E-state index contributed by atoms with van der Waals surface area (Å²) in [6.07, 6.45) is -0.260. The molecular weight excluding hydrogens is 439 g/mol. The van der Waals surface area contributed by atoms with Crippen LogP contribution in [-0.4, -0.2) is 48.2 Å². The average molecular weight is 461 g/mol. The van der Waals surface area contributed by atoms with Crippen LogP contribution in [0.2, 0.25) is 10.0 Å². The van der Waals surface area contributed by atoms with Crippen LogP contribution in [0.5, 0.6) is 0 Å². The number of hydrogen-bond donors (Lipinski definition) is 3. The molecule has 158 valence electrons. The Bertz CT molecular complexity index is 967. The number of nitrogens with zero attached hydrogens (tertiary/aromatic N) is 1.